The molecule has 0 radical (unpaired) electrons. The second-order valence-corrected chi connectivity index (χ2v) is 9.05. The predicted octanol–water partition coefficient (Wildman–Crippen LogP) is 3.83. The van der Waals surface area contributed by atoms with Gasteiger partial charge in [-0.15, -0.1) is 12.4 Å². The minimum Gasteiger partial charge on any atom is -0.481 e. The van der Waals surface area contributed by atoms with Crippen LogP contribution in [-0.4, -0.2) is 58.6 Å². The maximum atomic E-state index is 14.5. The number of hydrogen-bond acceptors (Lipinski definition) is 8. The fourth-order valence-corrected chi connectivity index (χ4v) is 5.03. The number of hydrogen-bond donors (Lipinski definition) is 1. The van der Waals surface area contributed by atoms with E-state index in [-0.39, 0.29) is 18.2 Å². The van der Waals surface area contributed by atoms with E-state index in [2.05, 4.69) is 31.2 Å². The normalized spacial score (nSPS) is 16.3. The van der Waals surface area contributed by atoms with Gasteiger partial charge in [0.05, 0.1) is 41.1 Å². The fraction of sp³-hybridized carbons (Fsp3) is 0.435. The van der Waals surface area contributed by atoms with Crippen molar-refractivity contribution in [1.29, 1.82) is 0 Å². The highest BCUT2D eigenvalue weighted by atomic mass is 35.5. The molecule has 3 aromatic rings. The molecule has 0 saturated carbocycles. The molecule has 10 heteroatoms. The zero-order valence-electron chi connectivity index (χ0n) is 18.4. The number of aromatic nitrogens is 3. The molecule has 1 fully saturated rings. The lowest BCUT2D eigenvalue weighted by molar-refractivity contribution is 0.198. The van der Waals surface area contributed by atoms with Gasteiger partial charge in [-0.25, -0.2) is 9.37 Å². The van der Waals surface area contributed by atoms with Crippen molar-refractivity contribution in [3.05, 3.63) is 47.7 Å². The molecular formula is C23H27ClFN5O2S. The van der Waals surface area contributed by atoms with Crippen molar-refractivity contribution in [3.63, 3.8) is 0 Å². The molecule has 0 aliphatic carbocycles. The molecule has 3 aromatic heterocycles. The van der Waals surface area contributed by atoms with E-state index in [0.717, 1.165) is 50.5 Å². The average molecular weight is 492 g/mol. The van der Waals surface area contributed by atoms with Crippen molar-refractivity contribution >= 4 is 35.2 Å². The van der Waals surface area contributed by atoms with Crippen LogP contribution in [0.15, 0.2) is 35.5 Å². The minimum absolute atomic E-state index is 0. The van der Waals surface area contributed by atoms with Gasteiger partial charge in [0.15, 0.2) is 5.75 Å². The van der Waals surface area contributed by atoms with Crippen LogP contribution in [0, 0.1) is 5.82 Å². The van der Waals surface area contributed by atoms with E-state index in [9.17, 15) is 4.39 Å². The number of rotatable bonds is 7. The Hall–Kier alpha value is -2.20. The number of nitrogens with zero attached hydrogens (tertiary/aromatic N) is 4. The topological polar surface area (TPSA) is 72.4 Å². The van der Waals surface area contributed by atoms with E-state index in [0.29, 0.717) is 40.9 Å². The molecule has 2 aliphatic rings. The van der Waals surface area contributed by atoms with Gasteiger partial charge in [0.1, 0.15) is 11.8 Å². The van der Waals surface area contributed by atoms with Gasteiger partial charge in [-0.05, 0) is 44.5 Å². The third-order valence-electron chi connectivity index (χ3n) is 6.10. The summed E-state index contributed by atoms with van der Waals surface area (Å²) in [6.45, 7) is 3.53. The Labute approximate surface area is 202 Å². The molecule has 1 N–H and O–H groups in total. The van der Waals surface area contributed by atoms with E-state index in [1.807, 2.05) is 12.3 Å². The fourth-order valence-electron chi connectivity index (χ4n) is 4.25. The van der Waals surface area contributed by atoms with Crippen molar-refractivity contribution in [2.45, 2.75) is 36.7 Å². The Morgan fingerprint density at radius 3 is 2.91 bits per heavy atom. The van der Waals surface area contributed by atoms with Gasteiger partial charge in [0.25, 0.3) is 0 Å². The highest BCUT2D eigenvalue weighted by molar-refractivity contribution is 7.99. The molecule has 5 rings (SSSR count). The van der Waals surface area contributed by atoms with E-state index >= 15 is 0 Å². The quantitative estimate of drug-likeness (QED) is 0.534. The summed E-state index contributed by atoms with van der Waals surface area (Å²) in [5.41, 5.74) is 2.94. The Morgan fingerprint density at radius 2 is 2.09 bits per heavy atom. The zero-order chi connectivity index (χ0) is 21.9. The molecule has 7 nitrogen and oxygen atoms in total. The van der Waals surface area contributed by atoms with Crippen molar-refractivity contribution < 1.29 is 13.9 Å². The smallest absolute Gasteiger partial charge is 0.213 e. The van der Waals surface area contributed by atoms with Gasteiger partial charge in [-0.3, -0.25) is 9.97 Å². The first-order chi connectivity index (χ1) is 15.7. The van der Waals surface area contributed by atoms with Crippen molar-refractivity contribution in [2.75, 3.05) is 32.7 Å². The number of piperidine rings is 1. The molecule has 0 aromatic carbocycles. The average Bonchev–Trinajstić information content (AvgIpc) is 3.30. The third kappa shape index (κ3) is 5.48. The minimum atomic E-state index is -0.305. The molecule has 2 aliphatic heterocycles. The highest BCUT2D eigenvalue weighted by Crippen LogP contribution is 2.35. The Kier molecular flexibility index (Phi) is 7.85. The summed E-state index contributed by atoms with van der Waals surface area (Å²) in [4.78, 5) is 16.7. The molecule has 0 atom stereocenters. The number of methoxy groups -OCH3 is 1. The van der Waals surface area contributed by atoms with Gasteiger partial charge in [-0.1, -0.05) is 11.8 Å². The van der Waals surface area contributed by atoms with Crippen LogP contribution in [0.5, 0.6) is 11.6 Å². The van der Waals surface area contributed by atoms with Gasteiger partial charge < -0.3 is 19.7 Å². The van der Waals surface area contributed by atoms with Gasteiger partial charge in [0, 0.05) is 30.8 Å². The molecule has 0 bridgehead atoms. The molecule has 1 saturated heterocycles. The van der Waals surface area contributed by atoms with E-state index in [1.165, 1.54) is 11.1 Å². The lowest BCUT2D eigenvalue weighted by Gasteiger charge is -2.32. The second-order valence-electron chi connectivity index (χ2n) is 8.08. The Balaban J connectivity index is 0.00000259. The van der Waals surface area contributed by atoms with Gasteiger partial charge in [-0.2, -0.15) is 0 Å². The van der Waals surface area contributed by atoms with E-state index in [4.69, 9.17) is 9.47 Å². The van der Waals surface area contributed by atoms with Crippen LogP contribution in [-0.2, 0) is 13.0 Å². The molecule has 0 unspecified atom stereocenters. The van der Waals surface area contributed by atoms with Crippen LogP contribution in [0.1, 0.15) is 24.1 Å². The van der Waals surface area contributed by atoms with Crippen molar-refractivity contribution in [1.82, 2.24) is 25.2 Å². The maximum absolute atomic E-state index is 14.5. The summed E-state index contributed by atoms with van der Waals surface area (Å²) in [5, 5.41) is 3.64. The summed E-state index contributed by atoms with van der Waals surface area (Å²) in [5.74, 6) is 1.73. The SMILES string of the molecule is COc1ccc2ncc(F)c(CCN3CCC(NCc4cc5c(cn4)OCS5)CC3)c2n1.Cl. The van der Waals surface area contributed by atoms with Crippen molar-refractivity contribution in [2.24, 2.45) is 0 Å². The molecule has 0 spiro atoms. The van der Waals surface area contributed by atoms with Crippen LogP contribution in [0.4, 0.5) is 4.39 Å². The molecule has 176 valence electrons. The largest absolute Gasteiger partial charge is 0.481 e. The van der Waals surface area contributed by atoms with Crippen LogP contribution in [0.2, 0.25) is 0 Å². The number of likely N-dealkylation sites (tertiary alicyclic amines) is 1. The molecule has 5 heterocycles. The Bertz CT molecular complexity index is 1110. The van der Waals surface area contributed by atoms with Crippen LogP contribution < -0.4 is 14.8 Å². The molecule has 33 heavy (non-hydrogen) atoms. The van der Waals surface area contributed by atoms with E-state index in [1.54, 1.807) is 24.9 Å². The number of fused-ring (bicyclic) bond motifs is 2. The lowest BCUT2D eigenvalue weighted by Crippen LogP contribution is -2.43. The number of nitrogens with one attached hydrogen (secondary N) is 1. The summed E-state index contributed by atoms with van der Waals surface area (Å²) in [6.07, 6.45) is 5.84. The number of pyridine rings is 3. The maximum Gasteiger partial charge on any atom is 0.213 e. The standard InChI is InChI=1S/C23H26FN5O2S.ClH/c1-30-22-3-2-19-23(28-22)17(18(24)12-27-19)6-9-29-7-4-15(5-8-29)25-11-16-10-21-20(13-26-16)31-14-32-21;/h2-3,10,12-13,15,25H,4-9,11,14H2,1H3;1H. The van der Waals surface area contributed by atoms with Gasteiger partial charge in [0.2, 0.25) is 5.88 Å². The number of thioether (sulfide) groups is 1. The monoisotopic (exact) mass is 491 g/mol. The highest BCUT2D eigenvalue weighted by Gasteiger charge is 2.21. The summed E-state index contributed by atoms with van der Waals surface area (Å²) >= 11 is 1.71. The third-order valence-corrected chi connectivity index (χ3v) is 6.97. The first-order valence-electron chi connectivity index (χ1n) is 10.9. The number of halogens is 2. The summed E-state index contributed by atoms with van der Waals surface area (Å²) in [6, 6.07) is 6.16. The van der Waals surface area contributed by atoms with Crippen LogP contribution in [0.25, 0.3) is 11.0 Å². The predicted molar refractivity (Wildman–Crippen MR) is 129 cm³/mol. The second kappa shape index (κ2) is 10.8. The number of ether oxygens (including phenoxy) is 2. The summed E-state index contributed by atoms with van der Waals surface area (Å²) < 4.78 is 25.2. The summed E-state index contributed by atoms with van der Waals surface area (Å²) in [7, 11) is 1.56. The molecular weight excluding hydrogens is 465 g/mol. The van der Waals surface area contributed by atoms with Crippen LogP contribution >= 0.6 is 24.2 Å². The van der Waals surface area contributed by atoms with Crippen molar-refractivity contribution in [3.8, 4) is 11.6 Å². The Morgan fingerprint density at radius 1 is 1.24 bits per heavy atom. The van der Waals surface area contributed by atoms with Crippen LogP contribution in [0.3, 0.4) is 0 Å². The first-order valence-corrected chi connectivity index (χ1v) is 11.9. The zero-order valence-corrected chi connectivity index (χ0v) is 20.1. The van der Waals surface area contributed by atoms with Gasteiger partial charge >= 0.3 is 0 Å². The lowest BCUT2D eigenvalue weighted by atomic mass is 10.0. The molecule has 0 amide bonds. The van der Waals surface area contributed by atoms with E-state index < -0.39 is 0 Å². The first kappa shape index (κ1) is 23.9.